The molecule has 0 atom stereocenters. The molecule has 1 aliphatic rings. The zero-order chi connectivity index (χ0) is 17.7. The third-order valence-electron chi connectivity index (χ3n) is 3.70. The Bertz CT molecular complexity index is 648. The number of benzene rings is 1. The first-order valence-corrected chi connectivity index (χ1v) is 7.79. The predicted octanol–water partition coefficient (Wildman–Crippen LogP) is -0.162. The summed E-state index contributed by atoms with van der Waals surface area (Å²) in [5, 5.41) is 2.47. The molecule has 0 unspecified atom stereocenters. The fraction of sp³-hybridized carbons (Fsp3) is 0.400. The molecule has 1 heterocycles. The normalized spacial score (nSPS) is 14.5. The summed E-state index contributed by atoms with van der Waals surface area (Å²) in [6.07, 6.45) is 0. The highest BCUT2D eigenvalue weighted by atomic mass is 35.5. The van der Waals surface area contributed by atoms with Crippen LogP contribution in [0.1, 0.15) is 10.4 Å². The summed E-state index contributed by atoms with van der Waals surface area (Å²) >= 11 is 5.90. The number of halogens is 2. The van der Waals surface area contributed by atoms with Gasteiger partial charge in [0.25, 0.3) is 5.91 Å². The van der Waals surface area contributed by atoms with Gasteiger partial charge in [0, 0.05) is 26.2 Å². The molecule has 24 heavy (non-hydrogen) atoms. The number of hydrogen-bond donors (Lipinski definition) is 2. The van der Waals surface area contributed by atoms with Gasteiger partial charge in [0.05, 0.1) is 23.7 Å². The average molecular weight is 357 g/mol. The topological polar surface area (TPSA) is 95.7 Å². The van der Waals surface area contributed by atoms with Crippen molar-refractivity contribution in [1.82, 2.24) is 15.1 Å². The van der Waals surface area contributed by atoms with Crippen molar-refractivity contribution >= 4 is 29.3 Å². The zero-order valence-electron chi connectivity index (χ0n) is 12.9. The second-order valence-corrected chi connectivity index (χ2v) is 5.69. The van der Waals surface area contributed by atoms with Gasteiger partial charge in [-0.2, -0.15) is 0 Å². The fourth-order valence-corrected chi connectivity index (χ4v) is 2.60. The van der Waals surface area contributed by atoms with Gasteiger partial charge in [0.2, 0.25) is 11.8 Å². The number of nitrogens with two attached hydrogens (primary N) is 1. The maximum absolute atomic E-state index is 13.1. The quantitative estimate of drug-likeness (QED) is 0.783. The number of amides is 3. The molecule has 1 saturated heterocycles. The lowest BCUT2D eigenvalue weighted by molar-refractivity contribution is -0.133. The molecule has 1 aromatic rings. The van der Waals surface area contributed by atoms with E-state index in [1.807, 2.05) is 0 Å². The van der Waals surface area contributed by atoms with Crippen molar-refractivity contribution in [1.29, 1.82) is 0 Å². The molecule has 0 spiro atoms. The van der Waals surface area contributed by atoms with E-state index in [0.717, 1.165) is 6.07 Å². The molecule has 130 valence electrons. The summed E-state index contributed by atoms with van der Waals surface area (Å²) in [7, 11) is 0. The largest absolute Gasteiger partial charge is 0.346 e. The maximum Gasteiger partial charge on any atom is 0.255 e. The van der Waals surface area contributed by atoms with Crippen molar-refractivity contribution in [3.8, 4) is 0 Å². The fourth-order valence-electron chi connectivity index (χ4n) is 2.35. The second-order valence-electron chi connectivity index (χ2n) is 5.28. The molecule has 1 aliphatic heterocycles. The van der Waals surface area contributed by atoms with Crippen LogP contribution >= 0.6 is 11.6 Å². The first-order chi connectivity index (χ1) is 11.4. The van der Waals surface area contributed by atoms with E-state index in [4.69, 9.17) is 17.3 Å². The standard InChI is InChI=1S/C15H18ClFN4O3/c16-12-7-10(17)1-2-11(12)15(24)21-5-3-20(4-6-21)14(23)9-19-13(22)8-18/h1-2,7H,3-6,8-9,18H2,(H,19,22). The molecule has 0 aliphatic carbocycles. The summed E-state index contributed by atoms with van der Waals surface area (Å²) in [5.74, 6) is -1.44. The smallest absolute Gasteiger partial charge is 0.255 e. The molecule has 3 amide bonds. The first kappa shape index (κ1) is 18.2. The van der Waals surface area contributed by atoms with E-state index < -0.39 is 11.7 Å². The Morgan fingerprint density at radius 3 is 2.38 bits per heavy atom. The van der Waals surface area contributed by atoms with Crippen LogP contribution in [0, 0.1) is 5.82 Å². The van der Waals surface area contributed by atoms with Gasteiger partial charge in [-0.1, -0.05) is 11.6 Å². The highest BCUT2D eigenvalue weighted by Gasteiger charge is 2.26. The van der Waals surface area contributed by atoms with Crippen LogP contribution in [0.3, 0.4) is 0 Å². The first-order valence-electron chi connectivity index (χ1n) is 7.41. The number of rotatable bonds is 4. The monoisotopic (exact) mass is 356 g/mol. The Labute approximate surface area is 143 Å². The van der Waals surface area contributed by atoms with E-state index in [0.29, 0.717) is 26.2 Å². The summed E-state index contributed by atoms with van der Waals surface area (Å²) in [6, 6.07) is 3.62. The Morgan fingerprint density at radius 2 is 1.79 bits per heavy atom. The number of hydrogen-bond acceptors (Lipinski definition) is 4. The van der Waals surface area contributed by atoms with Crippen molar-refractivity contribution in [2.24, 2.45) is 5.73 Å². The van der Waals surface area contributed by atoms with Crippen LogP contribution in [0.4, 0.5) is 4.39 Å². The van der Waals surface area contributed by atoms with E-state index in [1.165, 1.54) is 12.1 Å². The van der Waals surface area contributed by atoms with Gasteiger partial charge in [0.15, 0.2) is 0 Å². The minimum Gasteiger partial charge on any atom is -0.346 e. The van der Waals surface area contributed by atoms with E-state index in [2.05, 4.69) is 5.32 Å². The van der Waals surface area contributed by atoms with Gasteiger partial charge in [-0.15, -0.1) is 0 Å². The van der Waals surface area contributed by atoms with Crippen molar-refractivity contribution in [3.63, 3.8) is 0 Å². The number of piperazine rings is 1. The van der Waals surface area contributed by atoms with Gasteiger partial charge < -0.3 is 20.9 Å². The lowest BCUT2D eigenvalue weighted by Crippen LogP contribution is -2.52. The summed E-state index contributed by atoms with van der Waals surface area (Å²) in [5.41, 5.74) is 5.38. The molecule has 1 aromatic carbocycles. The van der Waals surface area contributed by atoms with Crippen LogP contribution in [-0.2, 0) is 9.59 Å². The van der Waals surface area contributed by atoms with Crippen molar-refractivity contribution in [2.75, 3.05) is 39.3 Å². The molecule has 2 rings (SSSR count). The van der Waals surface area contributed by atoms with Gasteiger partial charge in [-0.25, -0.2) is 4.39 Å². The molecule has 0 bridgehead atoms. The number of nitrogens with zero attached hydrogens (tertiary/aromatic N) is 2. The molecule has 7 nitrogen and oxygen atoms in total. The minimum absolute atomic E-state index is 0.0583. The van der Waals surface area contributed by atoms with Crippen LogP contribution < -0.4 is 11.1 Å². The molecule has 0 aromatic heterocycles. The molecule has 0 saturated carbocycles. The SMILES string of the molecule is NCC(=O)NCC(=O)N1CCN(C(=O)c2ccc(F)cc2Cl)CC1. The highest BCUT2D eigenvalue weighted by Crippen LogP contribution is 2.19. The van der Waals surface area contributed by atoms with Crippen LogP contribution in [0.2, 0.25) is 5.02 Å². The van der Waals surface area contributed by atoms with Crippen LogP contribution in [0.15, 0.2) is 18.2 Å². The minimum atomic E-state index is -0.508. The Balaban J connectivity index is 1.89. The third kappa shape index (κ3) is 4.42. The van der Waals surface area contributed by atoms with Crippen LogP contribution in [0.25, 0.3) is 0 Å². The lowest BCUT2D eigenvalue weighted by atomic mass is 10.1. The maximum atomic E-state index is 13.1. The van der Waals surface area contributed by atoms with Gasteiger partial charge in [-0.3, -0.25) is 14.4 Å². The van der Waals surface area contributed by atoms with E-state index in [9.17, 15) is 18.8 Å². The van der Waals surface area contributed by atoms with Crippen molar-refractivity contribution < 1.29 is 18.8 Å². The lowest BCUT2D eigenvalue weighted by Gasteiger charge is -2.35. The summed E-state index contributed by atoms with van der Waals surface area (Å²) < 4.78 is 13.1. The van der Waals surface area contributed by atoms with Gasteiger partial charge in [-0.05, 0) is 18.2 Å². The van der Waals surface area contributed by atoms with Crippen molar-refractivity contribution in [2.45, 2.75) is 0 Å². The highest BCUT2D eigenvalue weighted by molar-refractivity contribution is 6.33. The molecule has 9 heteroatoms. The molecule has 3 N–H and O–H groups in total. The zero-order valence-corrected chi connectivity index (χ0v) is 13.7. The Hall–Kier alpha value is -2.19. The van der Waals surface area contributed by atoms with Gasteiger partial charge >= 0.3 is 0 Å². The Morgan fingerprint density at radius 1 is 1.17 bits per heavy atom. The number of carbonyl (C=O) groups is 3. The Kier molecular flexibility index (Phi) is 6.10. The second kappa shape index (κ2) is 8.07. The summed E-state index contributed by atoms with van der Waals surface area (Å²) in [6.45, 7) is 1.08. The van der Waals surface area contributed by atoms with Crippen LogP contribution in [-0.4, -0.2) is 66.8 Å². The van der Waals surface area contributed by atoms with E-state index in [1.54, 1.807) is 9.80 Å². The molecular weight excluding hydrogens is 339 g/mol. The molecular formula is C15H18ClFN4O3. The third-order valence-corrected chi connectivity index (χ3v) is 4.02. The van der Waals surface area contributed by atoms with E-state index in [-0.39, 0.29) is 35.5 Å². The molecule has 0 radical (unpaired) electrons. The van der Waals surface area contributed by atoms with Crippen molar-refractivity contribution in [3.05, 3.63) is 34.6 Å². The molecule has 1 fully saturated rings. The summed E-state index contributed by atoms with van der Waals surface area (Å²) in [4.78, 5) is 38.5. The number of carbonyl (C=O) groups excluding carboxylic acids is 3. The average Bonchev–Trinajstić information content (AvgIpc) is 2.59. The predicted molar refractivity (Wildman–Crippen MR) is 86.0 cm³/mol. The number of nitrogens with one attached hydrogen (secondary N) is 1. The van der Waals surface area contributed by atoms with Gasteiger partial charge in [0.1, 0.15) is 5.82 Å². The van der Waals surface area contributed by atoms with Crippen LogP contribution in [0.5, 0.6) is 0 Å². The van der Waals surface area contributed by atoms with E-state index >= 15 is 0 Å².